The number of hydrogen-bond acceptors (Lipinski definition) is 3. The molecule has 0 aliphatic carbocycles. The molecule has 22 heavy (non-hydrogen) atoms. The molecule has 0 aliphatic heterocycles. The van der Waals surface area contributed by atoms with Gasteiger partial charge in [-0.1, -0.05) is 48.5 Å². The van der Waals surface area contributed by atoms with Crippen molar-refractivity contribution in [1.82, 2.24) is 10.6 Å². The van der Waals surface area contributed by atoms with Gasteiger partial charge in [0.05, 0.1) is 0 Å². The lowest BCUT2D eigenvalue weighted by molar-refractivity contribution is -0.126. The molecule has 114 valence electrons. The highest BCUT2D eigenvalue weighted by molar-refractivity contribution is 5.96. The molecule has 0 aromatic heterocycles. The Balaban J connectivity index is 2.17. The maximum Gasteiger partial charge on any atom is 0.321 e. The van der Waals surface area contributed by atoms with Gasteiger partial charge in [-0.25, -0.2) is 4.79 Å². The number of hydrogen-bond donors (Lipinski definition) is 2. The number of rotatable bonds is 4. The van der Waals surface area contributed by atoms with Gasteiger partial charge in [0.25, 0.3) is 5.91 Å². The van der Waals surface area contributed by atoms with Crippen LogP contribution in [0.4, 0.5) is 4.79 Å². The minimum Gasteiger partial charge on any atom is -0.480 e. The van der Waals surface area contributed by atoms with Gasteiger partial charge in [0.15, 0.2) is 6.10 Å². The third-order valence-electron chi connectivity index (χ3n) is 3.11. The fourth-order valence-corrected chi connectivity index (χ4v) is 1.95. The summed E-state index contributed by atoms with van der Waals surface area (Å²) >= 11 is 0. The number of ether oxygens (including phenoxy) is 1. The first-order valence-electron chi connectivity index (χ1n) is 6.95. The fourth-order valence-electron chi connectivity index (χ4n) is 1.95. The van der Waals surface area contributed by atoms with Crippen LogP contribution in [0.5, 0.6) is 5.75 Å². The van der Waals surface area contributed by atoms with Crippen LogP contribution in [0.1, 0.15) is 6.92 Å². The zero-order chi connectivity index (χ0) is 15.9. The van der Waals surface area contributed by atoms with Gasteiger partial charge in [-0.3, -0.25) is 10.1 Å². The first kappa shape index (κ1) is 15.6. The maximum atomic E-state index is 11.9. The maximum absolute atomic E-state index is 11.9. The second-order valence-electron chi connectivity index (χ2n) is 4.69. The van der Waals surface area contributed by atoms with E-state index in [4.69, 9.17) is 4.74 Å². The first-order chi connectivity index (χ1) is 10.6. The van der Waals surface area contributed by atoms with Gasteiger partial charge in [0, 0.05) is 12.6 Å². The summed E-state index contributed by atoms with van der Waals surface area (Å²) in [6, 6.07) is 16.7. The van der Waals surface area contributed by atoms with Crippen LogP contribution >= 0.6 is 0 Å². The average Bonchev–Trinajstić information content (AvgIpc) is 2.56. The molecule has 0 radical (unpaired) electrons. The molecule has 2 N–H and O–H groups in total. The van der Waals surface area contributed by atoms with E-state index >= 15 is 0 Å². The van der Waals surface area contributed by atoms with Gasteiger partial charge < -0.3 is 10.1 Å². The summed E-state index contributed by atoms with van der Waals surface area (Å²) in [6.45, 7) is 1.60. The standard InChI is InChI=1S/C17H18N2O3/c1-12(16(20)19-17(21)18-2)22-15-11-7-6-10-14(15)13-8-4-3-5-9-13/h3-12H,1-2H3,(H2,18,19,20,21)/t12-/m0/s1. The van der Waals surface area contributed by atoms with Crippen molar-refractivity contribution in [2.24, 2.45) is 0 Å². The summed E-state index contributed by atoms with van der Waals surface area (Å²) < 4.78 is 5.72. The van der Waals surface area contributed by atoms with Crippen molar-refractivity contribution >= 4 is 11.9 Å². The molecule has 0 spiro atoms. The van der Waals surface area contributed by atoms with Gasteiger partial charge in [0.1, 0.15) is 5.75 Å². The van der Waals surface area contributed by atoms with Gasteiger partial charge in [-0.2, -0.15) is 0 Å². The highest BCUT2D eigenvalue weighted by Gasteiger charge is 2.18. The van der Waals surface area contributed by atoms with Crippen LogP contribution in [0.25, 0.3) is 11.1 Å². The number of nitrogens with one attached hydrogen (secondary N) is 2. The molecule has 3 amide bonds. The van der Waals surface area contributed by atoms with Crippen LogP contribution in [0.15, 0.2) is 54.6 Å². The average molecular weight is 298 g/mol. The van der Waals surface area contributed by atoms with E-state index in [0.717, 1.165) is 11.1 Å². The van der Waals surface area contributed by atoms with Crippen LogP contribution in [0.2, 0.25) is 0 Å². The largest absolute Gasteiger partial charge is 0.480 e. The summed E-state index contributed by atoms with van der Waals surface area (Å²) in [6.07, 6.45) is -0.790. The Morgan fingerprint density at radius 3 is 2.32 bits per heavy atom. The summed E-state index contributed by atoms with van der Waals surface area (Å²) in [5, 5.41) is 4.52. The van der Waals surface area contributed by atoms with Crippen molar-refractivity contribution in [2.75, 3.05) is 7.05 Å². The molecule has 0 heterocycles. The van der Waals surface area contributed by atoms with Crippen LogP contribution in [-0.4, -0.2) is 25.1 Å². The van der Waals surface area contributed by atoms with E-state index in [-0.39, 0.29) is 0 Å². The van der Waals surface area contributed by atoms with Crippen LogP contribution in [-0.2, 0) is 4.79 Å². The third kappa shape index (κ3) is 3.85. The molecular formula is C17H18N2O3. The molecule has 0 saturated heterocycles. The number of carbonyl (C=O) groups excluding carboxylic acids is 2. The van der Waals surface area contributed by atoms with Gasteiger partial charge in [-0.05, 0) is 18.6 Å². The topological polar surface area (TPSA) is 67.4 Å². The van der Waals surface area contributed by atoms with Crippen molar-refractivity contribution in [2.45, 2.75) is 13.0 Å². The molecule has 5 nitrogen and oxygen atoms in total. The fraction of sp³-hybridized carbons (Fsp3) is 0.176. The molecular weight excluding hydrogens is 280 g/mol. The molecule has 2 aromatic rings. The number of urea groups is 1. The predicted molar refractivity (Wildman–Crippen MR) is 84.6 cm³/mol. The van der Waals surface area contributed by atoms with Crippen LogP contribution in [0.3, 0.4) is 0 Å². The molecule has 0 unspecified atom stereocenters. The van der Waals surface area contributed by atoms with E-state index < -0.39 is 18.0 Å². The number of amides is 3. The summed E-state index contributed by atoms with van der Waals surface area (Å²) in [7, 11) is 1.44. The lowest BCUT2D eigenvalue weighted by Gasteiger charge is -2.17. The number of para-hydroxylation sites is 1. The van der Waals surface area contributed by atoms with E-state index in [9.17, 15) is 9.59 Å². The predicted octanol–water partition coefficient (Wildman–Crippen LogP) is 2.58. The third-order valence-corrected chi connectivity index (χ3v) is 3.11. The van der Waals surface area contributed by atoms with Crippen LogP contribution in [0, 0.1) is 0 Å². The Labute approximate surface area is 129 Å². The minimum absolute atomic E-state index is 0.498. The van der Waals surface area contributed by atoms with Gasteiger partial charge in [-0.15, -0.1) is 0 Å². The summed E-state index contributed by atoms with van der Waals surface area (Å²) in [5.41, 5.74) is 1.89. The molecule has 0 saturated carbocycles. The number of imide groups is 1. The number of benzene rings is 2. The molecule has 2 aromatic carbocycles. The normalized spacial score (nSPS) is 11.4. The van der Waals surface area contributed by atoms with E-state index in [1.807, 2.05) is 48.5 Å². The van der Waals surface area contributed by atoms with Crippen molar-refractivity contribution < 1.29 is 14.3 Å². The van der Waals surface area contributed by atoms with E-state index in [1.165, 1.54) is 7.05 Å². The van der Waals surface area contributed by atoms with Gasteiger partial charge in [0.2, 0.25) is 0 Å². The minimum atomic E-state index is -0.790. The molecule has 1 atom stereocenters. The van der Waals surface area contributed by atoms with Crippen molar-refractivity contribution in [3.8, 4) is 16.9 Å². The van der Waals surface area contributed by atoms with Crippen molar-refractivity contribution in [3.05, 3.63) is 54.6 Å². The van der Waals surface area contributed by atoms with Gasteiger partial charge >= 0.3 is 6.03 Å². The lowest BCUT2D eigenvalue weighted by atomic mass is 10.0. The molecule has 0 bridgehead atoms. The molecule has 0 fully saturated rings. The van der Waals surface area contributed by atoms with E-state index in [0.29, 0.717) is 5.75 Å². The smallest absolute Gasteiger partial charge is 0.321 e. The Hall–Kier alpha value is -2.82. The van der Waals surface area contributed by atoms with E-state index in [1.54, 1.807) is 13.0 Å². The highest BCUT2D eigenvalue weighted by Crippen LogP contribution is 2.30. The Morgan fingerprint density at radius 1 is 1.00 bits per heavy atom. The summed E-state index contributed by atoms with van der Waals surface area (Å²) in [4.78, 5) is 23.0. The zero-order valence-corrected chi connectivity index (χ0v) is 12.5. The Morgan fingerprint density at radius 2 is 1.64 bits per heavy atom. The first-order valence-corrected chi connectivity index (χ1v) is 6.95. The Kier molecular flexibility index (Phi) is 5.14. The lowest BCUT2D eigenvalue weighted by Crippen LogP contribution is -2.44. The van der Waals surface area contributed by atoms with Crippen molar-refractivity contribution in [1.29, 1.82) is 0 Å². The number of carbonyl (C=O) groups is 2. The second kappa shape index (κ2) is 7.26. The monoisotopic (exact) mass is 298 g/mol. The quantitative estimate of drug-likeness (QED) is 0.911. The summed E-state index contributed by atoms with van der Waals surface area (Å²) in [5.74, 6) is 0.0930. The SMILES string of the molecule is CNC(=O)NC(=O)[C@H](C)Oc1ccccc1-c1ccccc1. The highest BCUT2D eigenvalue weighted by atomic mass is 16.5. The second-order valence-corrected chi connectivity index (χ2v) is 4.69. The van der Waals surface area contributed by atoms with Crippen LogP contribution < -0.4 is 15.4 Å². The molecule has 5 heteroatoms. The Bertz CT molecular complexity index is 656. The van der Waals surface area contributed by atoms with Crippen molar-refractivity contribution in [3.63, 3.8) is 0 Å². The molecule has 0 aliphatic rings. The molecule has 2 rings (SSSR count). The van der Waals surface area contributed by atoms with E-state index in [2.05, 4.69) is 10.6 Å². The zero-order valence-electron chi connectivity index (χ0n) is 12.5.